The highest BCUT2D eigenvalue weighted by atomic mass is 15.0. The minimum Gasteiger partial charge on any atom is -0.405 e. The number of allylic oxidation sites excluding steroid dienone is 7. The van der Waals surface area contributed by atoms with Gasteiger partial charge >= 0.3 is 0 Å². The van der Waals surface area contributed by atoms with Crippen LogP contribution < -0.4 is 11.5 Å². The molecule has 0 radical (unpaired) electrons. The zero-order valence-electron chi connectivity index (χ0n) is 28.9. The number of nitrogens with zero attached hydrogens (tertiary/aromatic N) is 5. The summed E-state index contributed by atoms with van der Waals surface area (Å²) in [6, 6.07) is 30.8. The van der Waals surface area contributed by atoms with Crippen LogP contribution in [-0.2, 0) is 0 Å². The van der Waals surface area contributed by atoms with Gasteiger partial charge in [0.2, 0.25) is 0 Å². The van der Waals surface area contributed by atoms with Gasteiger partial charge in [0, 0.05) is 46.2 Å². The molecule has 0 bridgehead atoms. The first-order valence-corrected chi connectivity index (χ1v) is 16.9. The molecule has 0 aliphatic rings. The Kier molecular flexibility index (Phi) is 10.7. The summed E-state index contributed by atoms with van der Waals surface area (Å²) < 4.78 is 2.29. The van der Waals surface area contributed by atoms with Crippen LogP contribution in [0.25, 0.3) is 67.7 Å². The van der Waals surface area contributed by atoms with Gasteiger partial charge in [-0.15, -0.1) is 0 Å². The molecule has 3 heterocycles. The normalized spacial score (nSPS) is 12.3. The molecule has 52 heavy (non-hydrogen) atoms. The largest absolute Gasteiger partial charge is 0.405 e. The Labute approximate surface area is 303 Å². The lowest BCUT2D eigenvalue weighted by atomic mass is 9.91. The molecular formula is C45H37N7. The molecule has 0 aliphatic heterocycles. The Morgan fingerprint density at radius 3 is 2.42 bits per heavy atom. The molecule has 0 unspecified atom stereocenters. The highest BCUT2D eigenvalue weighted by Crippen LogP contribution is 2.42. The van der Waals surface area contributed by atoms with E-state index >= 15 is 0 Å². The van der Waals surface area contributed by atoms with Crippen LogP contribution in [0.5, 0.6) is 0 Å². The van der Waals surface area contributed by atoms with Crippen molar-refractivity contribution in [2.75, 3.05) is 0 Å². The van der Waals surface area contributed by atoms with Crippen LogP contribution in [0.1, 0.15) is 42.0 Å². The van der Waals surface area contributed by atoms with Crippen LogP contribution in [0, 0.1) is 22.7 Å². The van der Waals surface area contributed by atoms with Crippen molar-refractivity contribution >= 4 is 39.5 Å². The van der Waals surface area contributed by atoms with Crippen molar-refractivity contribution in [2.24, 2.45) is 11.5 Å². The highest BCUT2D eigenvalue weighted by Gasteiger charge is 2.20. The van der Waals surface area contributed by atoms with Crippen molar-refractivity contribution in [2.45, 2.75) is 19.8 Å². The molecule has 4 N–H and O–H groups in total. The predicted octanol–water partition coefficient (Wildman–Crippen LogP) is 10.0. The van der Waals surface area contributed by atoms with Crippen LogP contribution >= 0.6 is 0 Å². The van der Waals surface area contributed by atoms with E-state index in [0.29, 0.717) is 28.9 Å². The molecule has 0 aliphatic carbocycles. The number of para-hydroxylation sites is 1. The maximum absolute atomic E-state index is 9.38. The van der Waals surface area contributed by atoms with Crippen LogP contribution in [0.15, 0.2) is 146 Å². The van der Waals surface area contributed by atoms with Gasteiger partial charge in [-0.25, -0.2) is 0 Å². The predicted molar refractivity (Wildman–Crippen MR) is 214 cm³/mol. The van der Waals surface area contributed by atoms with Crippen molar-refractivity contribution in [3.8, 4) is 40.3 Å². The van der Waals surface area contributed by atoms with E-state index in [4.69, 9.17) is 16.5 Å². The van der Waals surface area contributed by atoms with E-state index in [0.717, 1.165) is 67.3 Å². The van der Waals surface area contributed by atoms with E-state index in [9.17, 15) is 10.5 Å². The Balaban J connectivity index is 1.51. The summed E-state index contributed by atoms with van der Waals surface area (Å²) in [6.45, 7) is 6.31. The van der Waals surface area contributed by atoms with Gasteiger partial charge in [0.05, 0.1) is 40.1 Å². The Bertz CT molecular complexity index is 2510. The number of nitriles is 2. The van der Waals surface area contributed by atoms with E-state index in [1.54, 1.807) is 30.6 Å². The Hall–Kier alpha value is -7.22. The van der Waals surface area contributed by atoms with E-state index < -0.39 is 0 Å². The third-order valence-electron chi connectivity index (χ3n) is 8.83. The number of nitrogens with two attached hydrogens (primary N) is 2. The number of fused-ring (bicyclic) bond motifs is 3. The maximum Gasteiger partial charge on any atom is 0.0992 e. The first kappa shape index (κ1) is 34.6. The second-order valence-electron chi connectivity index (χ2n) is 12.0. The van der Waals surface area contributed by atoms with Gasteiger partial charge in [0.15, 0.2) is 0 Å². The third-order valence-corrected chi connectivity index (χ3v) is 8.83. The van der Waals surface area contributed by atoms with Crippen molar-refractivity contribution in [1.29, 1.82) is 10.5 Å². The van der Waals surface area contributed by atoms with Gasteiger partial charge in [0.1, 0.15) is 0 Å². The van der Waals surface area contributed by atoms with Crippen LogP contribution in [0.3, 0.4) is 0 Å². The monoisotopic (exact) mass is 675 g/mol. The van der Waals surface area contributed by atoms with E-state index in [1.807, 2.05) is 67.8 Å². The molecule has 7 heteroatoms. The molecule has 0 fully saturated rings. The van der Waals surface area contributed by atoms with Crippen molar-refractivity contribution in [3.05, 3.63) is 168 Å². The average molecular weight is 676 g/mol. The number of aromatic nitrogens is 3. The van der Waals surface area contributed by atoms with Gasteiger partial charge in [0.25, 0.3) is 0 Å². The lowest BCUT2D eigenvalue weighted by Gasteiger charge is -2.15. The number of hydrogen-bond acceptors (Lipinski definition) is 6. The van der Waals surface area contributed by atoms with Crippen molar-refractivity contribution in [3.63, 3.8) is 0 Å². The zero-order chi connectivity index (χ0) is 36.5. The number of hydrogen-bond donors (Lipinski definition) is 2. The average Bonchev–Trinajstić information content (AvgIpc) is 3.52. The lowest BCUT2D eigenvalue weighted by Crippen LogP contribution is -1.97. The standard InChI is InChI=1S/C45H37N7/c1-3-11-38-37(4-2)45-39-18-16-33(34(29-49)13-8-5-7-12-31(27-47)20-22-46)25-43(39)52(36-14-9-6-10-15-36)44(45)26-40(38)35-17-19-41(51-30-35)42-24-32(28-48)21-23-50-42/h3-4,6,8-26,29-30H,2,5,7,46,49H2,1H3/b11-3-,13-8-,22-20-,31-12+,34-29+. The van der Waals surface area contributed by atoms with Gasteiger partial charge in [-0.3, -0.25) is 9.97 Å². The number of unbranched alkanes of at least 4 members (excludes halogenated alkanes) is 1. The molecular weight excluding hydrogens is 639 g/mol. The van der Waals surface area contributed by atoms with Crippen LogP contribution in [-0.4, -0.2) is 14.5 Å². The maximum atomic E-state index is 9.38. The molecule has 3 aromatic heterocycles. The van der Waals surface area contributed by atoms with Crippen LogP contribution in [0.2, 0.25) is 0 Å². The summed E-state index contributed by atoms with van der Waals surface area (Å²) in [6.07, 6.45) is 21.6. The fraction of sp³-hybridized carbons (Fsp3) is 0.0667. The van der Waals surface area contributed by atoms with Crippen LogP contribution in [0.4, 0.5) is 0 Å². The van der Waals surface area contributed by atoms with Crippen molar-refractivity contribution in [1.82, 2.24) is 14.5 Å². The Morgan fingerprint density at radius 2 is 1.73 bits per heavy atom. The molecule has 3 aromatic carbocycles. The fourth-order valence-electron chi connectivity index (χ4n) is 6.45. The summed E-state index contributed by atoms with van der Waals surface area (Å²) in [5, 5.41) is 20.8. The summed E-state index contributed by atoms with van der Waals surface area (Å²) in [5.41, 5.74) is 23.0. The SMILES string of the molecule is C=Cc1c(/C=C\C)c(-c2ccc(-c3cc(C#N)ccn3)nc2)cc2c1c1ccc(C(/C=C\CC/C=C(C#N)\C=C/N)=C/N)cc1n2-c1ccccc1. The van der Waals surface area contributed by atoms with Gasteiger partial charge in [-0.1, -0.05) is 79.4 Å². The third kappa shape index (κ3) is 6.93. The molecule has 0 amide bonds. The van der Waals surface area contributed by atoms with Gasteiger partial charge < -0.3 is 16.0 Å². The quantitative estimate of drug-likeness (QED) is 0.0798. The molecule has 0 saturated carbocycles. The molecule has 0 saturated heterocycles. The topological polar surface area (TPSA) is 130 Å². The fourth-order valence-corrected chi connectivity index (χ4v) is 6.45. The first-order valence-electron chi connectivity index (χ1n) is 16.9. The zero-order valence-corrected chi connectivity index (χ0v) is 28.9. The summed E-state index contributed by atoms with van der Waals surface area (Å²) in [5.74, 6) is 0. The highest BCUT2D eigenvalue weighted by molar-refractivity contribution is 6.16. The second-order valence-corrected chi connectivity index (χ2v) is 12.0. The van der Waals surface area contributed by atoms with Gasteiger partial charge in [-0.05, 0) is 102 Å². The summed E-state index contributed by atoms with van der Waals surface area (Å²) in [7, 11) is 0. The molecule has 6 rings (SSSR count). The van der Waals surface area contributed by atoms with Crippen molar-refractivity contribution < 1.29 is 0 Å². The number of pyridine rings is 2. The summed E-state index contributed by atoms with van der Waals surface area (Å²) >= 11 is 0. The smallest absolute Gasteiger partial charge is 0.0992 e. The van der Waals surface area contributed by atoms with E-state index in [-0.39, 0.29) is 0 Å². The minimum absolute atomic E-state index is 0.536. The Morgan fingerprint density at radius 1 is 0.885 bits per heavy atom. The molecule has 0 atom stereocenters. The van der Waals surface area contributed by atoms with E-state index in [2.05, 4.69) is 76.8 Å². The minimum atomic E-state index is 0.536. The molecule has 0 spiro atoms. The first-order chi connectivity index (χ1) is 25.5. The van der Waals surface area contributed by atoms with Gasteiger partial charge in [-0.2, -0.15) is 10.5 Å². The molecule has 252 valence electrons. The summed E-state index contributed by atoms with van der Waals surface area (Å²) in [4.78, 5) is 9.21. The number of rotatable bonds is 11. The molecule has 6 aromatic rings. The number of benzene rings is 3. The molecule has 7 nitrogen and oxygen atoms in total. The lowest BCUT2D eigenvalue weighted by molar-refractivity contribution is 1.05. The second kappa shape index (κ2) is 16.0. The van der Waals surface area contributed by atoms with E-state index in [1.165, 1.54) is 6.20 Å².